The fraction of sp³-hybridized carbons (Fsp3) is 0.429. The van der Waals surface area contributed by atoms with Gasteiger partial charge in [0.25, 0.3) is 5.91 Å². The summed E-state index contributed by atoms with van der Waals surface area (Å²) in [4.78, 5) is 15.7. The number of carbonyl (C=O) groups excluding carboxylic acids is 1. The number of fused-ring (bicyclic) bond motifs is 1. The minimum Gasteiger partial charge on any atom is -0.387 e. The number of nitrogens with one attached hydrogen (secondary N) is 1. The van der Waals surface area contributed by atoms with Crippen molar-refractivity contribution in [2.45, 2.75) is 25.9 Å². The molecule has 1 unspecified atom stereocenters. The summed E-state index contributed by atoms with van der Waals surface area (Å²) >= 11 is 0. The van der Waals surface area contributed by atoms with Crippen LogP contribution in [-0.2, 0) is 4.79 Å². The maximum absolute atomic E-state index is 11.8. The van der Waals surface area contributed by atoms with Gasteiger partial charge in [0.1, 0.15) is 0 Å². The van der Waals surface area contributed by atoms with E-state index in [1.54, 1.807) is 6.07 Å². The summed E-state index contributed by atoms with van der Waals surface area (Å²) in [6.45, 7) is 3.36. The maximum Gasteiger partial charge on any atom is 0.276 e. The van der Waals surface area contributed by atoms with Crippen LogP contribution in [0.25, 0.3) is 5.57 Å². The lowest BCUT2D eigenvalue weighted by Gasteiger charge is -2.11. The molecular formula is C14H18N2O2. The first-order valence-electron chi connectivity index (χ1n) is 6.35. The molecule has 1 aromatic rings. The van der Waals surface area contributed by atoms with Gasteiger partial charge in [0.15, 0.2) is 0 Å². The number of aliphatic hydroxyl groups is 1. The van der Waals surface area contributed by atoms with Crippen LogP contribution in [-0.4, -0.2) is 30.2 Å². The minimum absolute atomic E-state index is 0.319. The number of nitrogens with zero attached hydrogens (tertiary/aromatic N) is 1. The molecule has 4 heteroatoms. The molecule has 1 aliphatic heterocycles. The second-order valence-corrected chi connectivity index (χ2v) is 4.42. The van der Waals surface area contributed by atoms with E-state index in [9.17, 15) is 9.90 Å². The molecule has 0 fully saturated rings. The minimum atomic E-state index is -0.790. The van der Waals surface area contributed by atoms with Crippen LogP contribution in [0.3, 0.4) is 0 Å². The van der Waals surface area contributed by atoms with E-state index in [4.69, 9.17) is 0 Å². The Morgan fingerprint density at radius 1 is 1.39 bits per heavy atom. The topological polar surface area (TPSA) is 61.7 Å². The summed E-state index contributed by atoms with van der Waals surface area (Å²) in [7, 11) is 0. The van der Waals surface area contributed by atoms with Crippen LogP contribution in [0.1, 0.15) is 19.8 Å². The highest BCUT2D eigenvalue weighted by atomic mass is 16.3. The number of hydrogen-bond donors (Lipinski definition) is 2. The molecule has 1 atom stereocenters. The second kappa shape index (κ2) is 5.89. The quantitative estimate of drug-likeness (QED) is 0.680. The standard InChI is InChI=1S/C14H18N2O2/c1-2-3-8-15-9-12(17)13-10-6-4-5-7-11(10)16-14(13)18/h4-7,12,15,17H,2-3,8-9H2,1H3. The van der Waals surface area contributed by atoms with Crippen LogP contribution < -0.4 is 15.9 Å². The fourth-order valence-electron chi connectivity index (χ4n) is 2.05. The van der Waals surface area contributed by atoms with E-state index in [2.05, 4.69) is 17.2 Å². The highest BCUT2D eigenvalue weighted by molar-refractivity contribution is 6.16. The molecule has 2 N–H and O–H groups in total. The number of unbranched alkanes of at least 4 members (excludes halogenated alkanes) is 1. The van der Waals surface area contributed by atoms with Crippen LogP contribution in [0, 0.1) is 0 Å². The van der Waals surface area contributed by atoms with Gasteiger partial charge < -0.3 is 10.4 Å². The van der Waals surface area contributed by atoms with E-state index in [1.807, 2.05) is 18.2 Å². The van der Waals surface area contributed by atoms with Gasteiger partial charge in [-0.3, -0.25) is 4.79 Å². The molecule has 0 aliphatic carbocycles. The summed E-state index contributed by atoms with van der Waals surface area (Å²) in [5.41, 5.74) is 0.412. The lowest BCUT2D eigenvalue weighted by molar-refractivity contribution is -0.113. The van der Waals surface area contributed by atoms with Crippen molar-refractivity contribution in [3.63, 3.8) is 0 Å². The number of rotatable bonds is 6. The van der Waals surface area contributed by atoms with Gasteiger partial charge >= 0.3 is 0 Å². The Morgan fingerprint density at radius 3 is 2.94 bits per heavy atom. The van der Waals surface area contributed by atoms with E-state index in [0.29, 0.717) is 17.5 Å². The zero-order valence-corrected chi connectivity index (χ0v) is 10.5. The molecule has 0 saturated heterocycles. The van der Waals surface area contributed by atoms with Crippen molar-refractivity contribution < 1.29 is 9.90 Å². The first-order chi connectivity index (χ1) is 8.74. The van der Waals surface area contributed by atoms with Crippen LogP contribution in [0.2, 0.25) is 0 Å². The first kappa shape index (κ1) is 12.9. The predicted molar refractivity (Wildman–Crippen MR) is 69.4 cm³/mol. The average Bonchev–Trinajstić information content (AvgIpc) is 2.70. The number of amides is 1. The predicted octanol–water partition coefficient (Wildman–Crippen LogP) is -0.252. The van der Waals surface area contributed by atoms with Gasteiger partial charge in [0.2, 0.25) is 0 Å². The summed E-state index contributed by atoms with van der Waals surface area (Å²) in [5, 5.41) is 14.6. The third kappa shape index (κ3) is 2.66. The Hall–Kier alpha value is -1.52. The van der Waals surface area contributed by atoms with Crippen molar-refractivity contribution in [1.82, 2.24) is 5.32 Å². The Balaban J connectivity index is 2.14. The van der Waals surface area contributed by atoms with Crippen LogP contribution in [0.4, 0.5) is 0 Å². The molecule has 2 rings (SSSR count). The van der Waals surface area contributed by atoms with Gasteiger partial charge in [-0.2, -0.15) is 0 Å². The van der Waals surface area contributed by atoms with E-state index in [1.165, 1.54) is 0 Å². The number of para-hydroxylation sites is 1. The van der Waals surface area contributed by atoms with E-state index < -0.39 is 6.10 Å². The Labute approximate surface area is 106 Å². The molecule has 1 aromatic carbocycles. The molecule has 4 nitrogen and oxygen atoms in total. The molecular weight excluding hydrogens is 228 g/mol. The number of carbonyl (C=O) groups is 1. The average molecular weight is 246 g/mol. The van der Waals surface area contributed by atoms with Crippen molar-refractivity contribution in [2.24, 2.45) is 4.99 Å². The van der Waals surface area contributed by atoms with Gasteiger partial charge in [-0.15, -0.1) is 0 Å². The maximum atomic E-state index is 11.8. The number of aliphatic hydroxyl groups excluding tert-OH is 1. The van der Waals surface area contributed by atoms with Gasteiger partial charge in [0, 0.05) is 11.8 Å². The molecule has 1 amide bonds. The summed E-state index contributed by atoms with van der Waals surface area (Å²) < 4.78 is 0. The zero-order valence-electron chi connectivity index (χ0n) is 10.5. The Morgan fingerprint density at radius 2 is 2.17 bits per heavy atom. The normalized spacial score (nSPS) is 15.4. The summed E-state index contributed by atoms with van der Waals surface area (Å²) in [6.07, 6.45) is 1.38. The van der Waals surface area contributed by atoms with Crippen molar-refractivity contribution in [3.8, 4) is 0 Å². The molecule has 0 radical (unpaired) electrons. The molecule has 96 valence electrons. The molecule has 0 saturated carbocycles. The smallest absolute Gasteiger partial charge is 0.276 e. The van der Waals surface area contributed by atoms with Gasteiger partial charge in [-0.1, -0.05) is 31.5 Å². The third-order valence-electron chi connectivity index (χ3n) is 3.02. The molecule has 18 heavy (non-hydrogen) atoms. The zero-order chi connectivity index (χ0) is 13.0. The van der Waals surface area contributed by atoms with E-state index in [0.717, 1.165) is 24.6 Å². The van der Waals surface area contributed by atoms with Crippen LogP contribution in [0.5, 0.6) is 0 Å². The highest BCUT2D eigenvalue weighted by Crippen LogP contribution is 2.06. The molecule has 0 spiro atoms. The summed E-state index contributed by atoms with van der Waals surface area (Å²) in [5.74, 6) is -0.319. The molecule has 1 heterocycles. The Kier molecular flexibility index (Phi) is 4.23. The fourth-order valence-corrected chi connectivity index (χ4v) is 2.05. The van der Waals surface area contributed by atoms with Gasteiger partial charge in [-0.05, 0) is 19.0 Å². The largest absolute Gasteiger partial charge is 0.387 e. The monoisotopic (exact) mass is 246 g/mol. The first-order valence-corrected chi connectivity index (χ1v) is 6.35. The van der Waals surface area contributed by atoms with Crippen LogP contribution in [0.15, 0.2) is 29.3 Å². The molecule has 0 bridgehead atoms. The summed E-state index contributed by atoms with van der Waals surface area (Å²) in [6, 6.07) is 7.31. The van der Waals surface area contributed by atoms with Gasteiger partial charge in [-0.25, -0.2) is 4.99 Å². The van der Waals surface area contributed by atoms with Crippen LogP contribution >= 0.6 is 0 Å². The lowest BCUT2D eigenvalue weighted by Crippen LogP contribution is -2.34. The highest BCUT2D eigenvalue weighted by Gasteiger charge is 2.22. The number of benzene rings is 1. The van der Waals surface area contributed by atoms with Crippen molar-refractivity contribution in [1.29, 1.82) is 0 Å². The van der Waals surface area contributed by atoms with Crippen molar-refractivity contribution in [3.05, 3.63) is 34.8 Å². The molecule has 1 aliphatic rings. The Bertz CT molecular complexity index is 551. The van der Waals surface area contributed by atoms with E-state index in [-0.39, 0.29) is 5.91 Å². The number of hydrogen-bond acceptors (Lipinski definition) is 3. The second-order valence-electron chi connectivity index (χ2n) is 4.42. The lowest BCUT2D eigenvalue weighted by atomic mass is 10.1. The van der Waals surface area contributed by atoms with Gasteiger partial charge in [0.05, 0.1) is 17.0 Å². The SMILES string of the molecule is CCCCNCC(O)C1=c2ccccc2=NC1=O. The van der Waals surface area contributed by atoms with Crippen molar-refractivity contribution >= 4 is 11.5 Å². The van der Waals surface area contributed by atoms with E-state index >= 15 is 0 Å². The van der Waals surface area contributed by atoms with Crippen molar-refractivity contribution in [2.75, 3.05) is 13.1 Å². The molecule has 0 aromatic heterocycles. The third-order valence-corrected chi connectivity index (χ3v) is 3.02.